The second-order valence-corrected chi connectivity index (χ2v) is 6.30. The van der Waals surface area contributed by atoms with Gasteiger partial charge in [0.1, 0.15) is 5.82 Å². The zero-order valence-corrected chi connectivity index (χ0v) is 12.3. The van der Waals surface area contributed by atoms with E-state index in [1.54, 1.807) is 12.1 Å². The van der Waals surface area contributed by atoms with Crippen LogP contribution in [0.1, 0.15) is 56.2 Å². The average Bonchev–Trinajstić information content (AvgIpc) is 2.49. The van der Waals surface area contributed by atoms with Gasteiger partial charge in [-0.05, 0) is 68.8 Å². The summed E-state index contributed by atoms with van der Waals surface area (Å²) in [4.78, 5) is 0. The van der Waals surface area contributed by atoms with Gasteiger partial charge < -0.3 is 10.6 Å². The van der Waals surface area contributed by atoms with Crippen LogP contribution in [-0.4, -0.2) is 18.6 Å². The number of hydrogen-bond acceptors (Lipinski definition) is 2. The number of halogens is 1. The topological polar surface area (TPSA) is 24.1 Å². The molecule has 1 saturated heterocycles. The van der Waals surface area contributed by atoms with Crippen molar-refractivity contribution in [3.05, 3.63) is 35.1 Å². The minimum absolute atomic E-state index is 0.110. The van der Waals surface area contributed by atoms with E-state index in [2.05, 4.69) is 17.6 Å². The summed E-state index contributed by atoms with van der Waals surface area (Å²) in [5.41, 5.74) is 2.50. The highest BCUT2D eigenvalue weighted by atomic mass is 19.1. The molecule has 1 fully saturated rings. The van der Waals surface area contributed by atoms with Crippen molar-refractivity contribution in [3.8, 4) is 0 Å². The van der Waals surface area contributed by atoms with Crippen LogP contribution in [0.25, 0.3) is 0 Å². The van der Waals surface area contributed by atoms with Crippen molar-refractivity contribution in [2.45, 2.75) is 63.6 Å². The van der Waals surface area contributed by atoms with Crippen molar-refractivity contribution in [1.82, 2.24) is 10.6 Å². The fourth-order valence-electron chi connectivity index (χ4n) is 3.68. The van der Waals surface area contributed by atoms with Gasteiger partial charge in [0.25, 0.3) is 0 Å². The molecule has 0 saturated carbocycles. The minimum atomic E-state index is -0.110. The number of aryl methyl sites for hydroxylation is 1. The predicted octanol–water partition coefficient (Wildman–Crippen LogP) is 3.32. The largest absolute Gasteiger partial charge is 0.312 e. The van der Waals surface area contributed by atoms with E-state index in [-0.39, 0.29) is 5.82 Å². The van der Waals surface area contributed by atoms with Crippen LogP contribution in [0.5, 0.6) is 0 Å². The van der Waals surface area contributed by atoms with Gasteiger partial charge in [-0.3, -0.25) is 0 Å². The SMILES string of the molecule is CC(N[C@H]1CCCc2ccc(F)cc21)[C@H]1CCCCN1. The van der Waals surface area contributed by atoms with Crippen LogP contribution in [0.15, 0.2) is 18.2 Å². The zero-order chi connectivity index (χ0) is 13.9. The van der Waals surface area contributed by atoms with Crippen molar-refractivity contribution in [3.63, 3.8) is 0 Å². The number of benzene rings is 1. The van der Waals surface area contributed by atoms with Crippen LogP contribution in [-0.2, 0) is 6.42 Å². The molecule has 3 rings (SSSR count). The molecule has 0 spiro atoms. The van der Waals surface area contributed by atoms with Gasteiger partial charge in [-0.2, -0.15) is 0 Å². The molecule has 1 aromatic carbocycles. The molecule has 3 atom stereocenters. The van der Waals surface area contributed by atoms with E-state index in [0.29, 0.717) is 18.1 Å². The maximum atomic E-state index is 13.5. The summed E-state index contributed by atoms with van der Waals surface area (Å²) in [7, 11) is 0. The van der Waals surface area contributed by atoms with Crippen LogP contribution in [0, 0.1) is 5.82 Å². The first-order valence-electron chi connectivity index (χ1n) is 8.02. The van der Waals surface area contributed by atoms with Gasteiger partial charge in [-0.1, -0.05) is 12.5 Å². The van der Waals surface area contributed by atoms with Gasteiger partial charge in [-0.15, -0.1) is 0 Å². The number of hydrogen-bond donors (Lipinski definition) is 2. The average molecular weight is 276 g/mol. The summed E-state index contributed by atoms with van der Waals surface area (Å²) in [6.45, 7) is 3.39. The fraction of sp³-hybridized carbons (Fsp3) is 0.647. The standard InChI is InChI=1S/C17H25FN2/c1-12(16-6-2-3-10-19-16)20-17-7-4-5-13-8-9-14(18)11-15(13)17/h8-9,11-12,16-17,19-20H,2-7,10H2,1H3/t12?,16-,17+/m1/s1. The van der Waals surface area contributed by atoms with E-state index in [9.17, 15) is 4.39 Å². The van der Waals surface area contributed by atoms with Gasteiger partial charge in [-0.25, -0.2) is 4.39 Å². The third-order valence-corrected chi connectivity index (χ3v) is 4.84. The highest BCUT2D eigenvalue weighted by molar-refractivity contribution is 5.33. The molecular weight excluding hydrogens is 251 g/mol. The highest BCUT2D eigenvalue weighted by Crippen LogP contribution is 2.31. The molecule has 0 aromatic heterocycles. The lowest BCUT2D eigenvalue weighted by Crippen LogP contribution is -2.49. The highest BCUT2D eigenvalue weighted by Gasteiger charge is 2.25. The van der Waals surface area contributed by atoms with Crippen LogP contribution >= 0.6 is 0 Å². The van der Waals surface area contributed by atoms with Crippen LogP contribution in [0.2, 0.25) is 0 Å². The summed E-state index contributed by atoms with van der Waals surface area (Å²) in [5, 5.41) is 7.35. The number of fused-ring (bicyclic) bond motifs is 1. The van der Waals surface area contributed by atoms with E-state index >= 15 is 0 Å². The number of piperidine rings is 1. The molecule has 0 amide bonds. The molecule has 20 heavy (non-hydrogen) atoms. The third-order valence-electron chi connectivity index (χ3n) is 4.84. The summed E-state index contributed by atoms with van der Waals surface area (Å²) >= 11 is 0. The Labute approximate surface area is 121 Å². The van der Waals surface area contributed by atoms with Crippen molar-refractivity contribution in [1.29, 1.82) is 0 Å². The minimum Gasteiger partial charge on any atom is -0.312 e. The van der Waals surface area contributed by atoms with E-state index < -0.39 is 0 Å². The van der Waals surface area contributed by atoms with E-state index in [1.165, 1.54) is 36.8 Å². The van der Waals surface area contributed by atoms with Crippen LogP contribution in [0.3, 0.4) is 0 Å². The van der Waals surface area contributed by atoms with Crippen molar-refractivity contribution >= 4 is 0 Å². The molecule has 2 N–H and O–H groups in total. The Balaban J connectivity index is 1.70. The Kier molecular flexibility index (Phi) is 4.37. The second kappa shape index (κ2) is 6.23. The van der Waals surface area contributed by atoms with Gasteiger partial charge in [0.15, 0.2) is 0 Å². The van der Waals surface area contributed by atoms with E-state index in [1.807, 2.05) is 6.07 Å². The van der Waals surface area contributed by atoms with Crippen LogP contribution < -0.4 is 10.6 Å². The summed E-state index contributed by atoms with van der Waals surface area (Å²) in [5.74, 6) is -0.110. The smallest absolute Gasteiger partial charge is 0.123 e. The maximum absolute atomic E-state index is 13.5. The molecule has 1 aromatic rings. The Hall–Kier alpha value is -0.930. The molecule has 2 aliphatic rings. The molecule has 1 aliphatic heterocycles. The van der Waals surface area contributed by atoms with Gasteiger partial charge >= 0.3 is 0 Å². The van der Waals surface area contributed by atoms with Gasteiger partial charge in [0.05, 0.1) is 0 Å². The Bertz CT molecular complexity index is 454. The van der Waals surface area contributed by atoms with E-state index in [0.717, 1.165) is 19.4 Å². The summed E-state index contributed by atoms with van der Waals surface area (Å²) in [6, 6.07) is 6.59. The quantitative estimate of drug-likeness (QED) is 0.885. The molecular formula is C17H25FN2. The third kappa shape index (κ3) is 3.04. The molecule has 1 aliphatic carbocycles. The normalized spacial score (nSPS) is 27.9. The number of nitrogens with one attached hydrogen (secondary N) is 2. The molecule has 1 unspecified atom stereocenters. The maximum Gasteiger partial charge on any atom is 0.123 e. The molecule has 1 heterocycles. The van der Waals surface area contributed by atoms with Gasteiger partial charge in [0, 0.05) is 18.1 Å². The zero-order valence-electron chi connectivity index (χ0n) is 12.3. The van der Waals surface area contributed by atoms with Gasteiger partial charge in [0.2, 0.25) is 0 Å². The Morgan fingerprint density at radius 3 is 2.95 bits per heavy atom. The van der Waals surface area contributed by atoms with Crippen molar-refractivity contribution in [2.24, 2.45) is 0 Å². The molecule has 2 nitrogen and oxygen atoms in total. The molecule has 110 valence electrons. The van der Waals surface area contributed by atoms with Crippen LogP contribution in [0.4, 0.5) is 4.39 Å². The molecule has 0 bridgehead atoms. The fourth-order valence-corrected chi connectivity index (χ4v) is 3.68. The summed E-state index contributed by atoms with van der Waals surface area (Å²) in [6.07, 6.45) is 7.26. The lowest BCUT2D eigenvalue weighted by Gasteiger charge is -2.35. The lowest BCUT2D eigenvalue weighted by atomic mass is 9.86. The van der Waals surface area contributed by atoms with Crippen molar-refractivity contribution < 1.29 is 4.39 Å². The monoisotopic (exact) mass is 276 g/mol. The predicted molar refractivity (Wildman–Crippen MR) is 80.3 cm³/mol. The first-order chi connectivity index (χ1) is 9.74. The van der Waals surface area contributed by atoms with Crippen molar-refractivity contribution in [2.75, 3.05) is 6.54 Å². The first-order valence-corrected chi connectivity index (χ1v) is 8.02. The lowest BCUT2D eigenvalue weighted by molar-refractivity contribution is 0.293. The Morgan fingerprint density at radius 1 is 1.25 bits per heavy atom. The second-order valence-electron chi connectivity index (χ2n) is 6.30. The number of rotatable bonds is 3. The molecule has 3 heteroatoms. The Morgan fingerprint density at radius 2 is 2.15 bits per heavy atom. The summed E-state index contributed by atoms with van der Waals surface area (Å²) < 4.78 is 13.5. The van der Waals surface area contributed by atoms with E-state index in [4.69, 9.17) is 0 Å². The first kappa shape index (κ1) is 14.0. The molecule has 0 radical (unpaired) electrons.